The summed E-state index contributed by atoms with van der Waals surface area (Å²) in [4.78, 5) is 4.03. The summed E-state index contributed by atoms with van der Waals surface area (Å²) in [7, 11) is 0. The fourth-order valence-electron chi connectivity index (χ4n) is 2.78. The van der Waals surface area contributed by atoms with Crippen LogP contribution in [0.3, 0.4) is 0 Å². The van der Waals surface area contributed by atoms with Crippen LogP contribution in [0.1, 0.15) is 5.82 Å². The molecule has 3 aromatic heterocycles. The van der Waals surface area contributed by atoms with Crippen molar-refractivity contribution < 1.29 is 4.74 Å². The molecule has 0 fully saturated rings. The Morgan fingerprint density at radius 1 is 1.08 bits per heavy atom. The Kier molecular flexibility index (Phi) is 3.72. The van der Waals surface area contributed by atoms with Crippen LogP contribution in [0.5, 0.6) is 5.75 Å². The average Bonchev–Trinajstić information content (AvgIpc) is 3.35. The number of halogens is 1. The van der Waals surface area contributed by atoms with Gasteiger partial charge >= 0.3 is 0 Å². The monoisotopic (exact) mass is 425 g/mol. The molecule has 3 heterocycles. The number of fused-ring (bicyclic) bond motifs is 2. The van der Waals surface area contributed by atoms with E-state index in [-0.39, 0.29) is 0 Å². The molecule has 0 bridgehead atoms. The van der Waals surface area contributed by atoms with Crippen LogP contribution in [0.15, 0.2) is 59.2 Å². The topological polar surface area (TPSA) is 68.1 Å². The van der Waals surface area contributed by atoms with Crippen molar-refractivity contribution in [3.63, 3.8) is 0 Å². The lowest BCUT2D eigenvalue weighted by Gasteiger charge is -2.03. The molecule has 8 heteroatoms. The van der Waals surface area contributed by atoms with E-state index in [9.17, 15) is 0 Å². The first-order chi connectivity index (χ1) is 12.8. The van der Waals surface area contributed by atoms with Crippen molar-refractivity contribution in [1.29, 1.82) is 0 Å². The zero-order valence-electron chi connectivity index (χ0n) is 13.4. The summed E-state index contributed by atoms with van der Waals surface area (Å²) in [5.74, 6) is 1.45. The third-order valence-corrected chi connectivity index (χ3v) is 5.52. The van der Waals surface area contributed by atoms with Crippen molar-refractivity contribution in [2.24, 2.45) is 0 Å². The lowest BCUT2D eigenvalue weighted by Crippen LogP contribution is -2.02. The number of aromatic amines is 1. The van der Waals surface area contributed by atoms with Crippen LogP contribution in [0, 0.1) is 0 Å². The van der Waals surface area contributed by atoms with Crippen LogP contribution < -0.4 is 4.74 Å². The Hall–Kier alpha value is -2.71. The Morgan fingerprint density at radius 3 is 2.81 bits per heavy atom. The van der Waals surface area contributed by atoms with Crippen LogP contribution in [-0.4, -0.2) is 24.8 Å². The third-order valence-electron chi connectivity index (χ3n) is 4.06. The fraction of sp³-hybridized carbons (Fsp3) is 0.0556. The number of hydrogen-bond donors (Lipinski definition) is 1. The smallest absolute Gasteiger partial charge is 0.235 e. The first kappa shape index (κ1) is 15.5. The van der Waals surface area contributed by atoms with Gasteiger partial charge in [-0.3, -0.25) is 0 Å². The highest BCUT2D eigenvalue weighted by Crippen LogP contribution is 2.31. The number of ether oxygens (including phenoxy) is 1. The first-order valence-corrected chi connectivity index (χ1v) is 9.55. The van der Waals surface area contributed by atoms with Gasteiger partial charge in [0.2, 0.25) is 4.96 Å². The van der Waals surface area contributed by atoms with E-state index in [1.807, 2.05) is 42.6 Å². The van der Waals surface area contributed by atoms with Gasteiger partial charge in [-0.2, -0.15) is 9.61 Å². The third kappa shape index (κ3) is 2.67. The van der Waals surface area contributed by atoms with Crippen LogP contribution in [0.2, 0.25) is 0 Å². The standard InChI is InChI=1S/C18H12BrN5OS/c19-11-5-7-12(8-6-11)25-10-16-21-22-18-24(16)23-17(26-18)14-9-20-15-4-2-1-3-13(14)15/h1-9,20H,10H2. The molecule has 0 aliphatic heterocycles. The number of rotatable bonds is 4. The minimum absolute atomic E-state index is 0.305. The van der Waals surface area contributed by atoms with Gasteiger partial charge in [-0.15, -0.1) is 10.2 Å². The molecule has 26 heavy (non-hydrogen) atoms. The van der Waals surface area contributed by atoms with Gasteiger partial charge in [-0.1, -0.05) is 45.5 Å². The molecular formula is C18H12BrN5OS. The van der Waals surface area contributed by atoms with Crippen molar-refractivity contribution in [2.45, 2.75) is 6.61 Å². The highest BCUT2D eigenvalue weighted by atomic mass is 79.9. The molecule has 0 atom stereocenters. The summed E-state index contributed by atoms with van der Waals surface area (Å²) >= 11 is 4.92. The summed E-state index contributed by atoms with van der Waals surface area (Å²) in [6, 6.07) is 15.9. The number of nitrogens with one attached hydrogen (secondary N) is 1. The van der Waals surface area contributed by atoms with Crippen molar-refractivity contribution in [3.8, 4) is 16.3 Å². The van der Waals surface area contributed by atoms with Gasteiger partial charge in [0.25, 0.3) is 0 Å². The molecule has 0 spiro atoms. The Labute approximate surface area is 160 Å². The number of hydrogen-bond acceptors (Lipinski definition) is 5. The average molecular weight is 426 g/mol. The number of aromatic nitrogens is 5. The maximum absolute atomic E-state index is 5.80. The van der Waals surface area contributed by atoms with Gasteiger partial charge in [0.15, 0.2) is 5.82 Å². The molecule has 5 rings (SSSR count). The van der Waals surface area contributed by atoms with Gasteiger partial charge in [0, 0.05) is 27.1 Å². The normalized spacial score (nSPS) is 11.4. The summed E-state index contributed by atoms with van der Waals surface area (Å²) in [6.45, 7) is 0.305. The van der Waals surface area contributed by atoms with Crippen LogP contribution in [0.25, 0.3) is 26.4 Å². The predicted molar refractivity (Wildman–Crippen MR) is 104 cm³/mol. The van der Waals surface area contributed by atoms with Gasteiger partial charge in [0.1, 0.15) is 17.4 Å². The Morgan fingerprint density at radius 2 is 1.92 bits per heavy atom. The van der Waals surface area contributed by atoms with E-state index < -0.39 is 0 Å². The second-order valence-corrected chi connectivity index (χ2v) is 7.58. The molecular weight excluding hydrogens is 414 g/mol. The quantitative estimate of drug-likeness (QED) is 0.453. The lowest BCUT2D eigenvalue weighted by molar-refractivity contribution is 0.293. The molecule has 0 saturated heterocycles. The van der Waals surface area contributed by atoms with Crippen LogP contribution in [0.4, 0.5) is 0 Å². The fourth-order valence-corrected chi connectivity index (χ4v) is 3.94. The number of para-hydroxylation sites is 1. The molecule has 2 aromatic carbocycles. The Balaban J connectivity index is 1.46. The highest BCUT2D eigenvalue weighted by Gasteiger charge is 2.15. The number of nitrogens with zero attached hydrogens (tertiary/aromatic N) is 4. The maximum atomic E-state index is 5.80. The SMILES string of the molecule is Brc1ccc(OCc2nnc3sc(-c4c[nH]c5ccccc45)nn23)cc1. The first-order valence-electron chi connectivity index (χ1n) is 7.94. The molecule has 128 valence electrons. The predicted octanol–water partition coefficient (Wildman–Crippen LogP) is 4.68. The second-order valence-electron chi connectivity index (χ2n) is 5.71. The van der Waals surface area contributed by atoms with Crippen molar-refractivity contribution in [3.05, 3.63) is 65.0 Å². The van der Waals surface area contributed by atoms with Crippen molar-refractivity contribution >= 4 is 43.1 Å². The van der Waals surface area contributed by atoms with Gasteiger partial charge in [-0.25, -0.2) is 0 Å². The molecule has 0 unspecified atom stereocenters. The van der Waals surface area contributed by atoms with E-state index in [4.69, 9.17) is 9.84 Å². The molecule has 6 nitrogen and oxygen atoms in total. The van der Waals surface area contributed by atoms with E-state index in [2.05, 4.69) is 43.2 Å². The number of benzene rings is 2. The molecule has 0 amide bonds. The van der Waals surface area contributed by atoms with E-state index >= 15 is 0 Å². The molecule has 0 radical (unpaired) electrons. The van der Waals surface area contributed by atoms with Gasteiger partial charge < -0.3 is 9.72 Å². The number of H-pyrrole nitrogens is 1. The molecule has 5 aromatic rings. The van der Waals surface area contributed by atoms with Gasteiger partial charge in [0.05, 0.1) is 0 Å². The second kappa shape index (κ2) is 6.22. The molecule has 0 aliphatic carbocycles. The van der Waals surface area contributed by atoms with Crippen LogP contribution >= 0.6 is 27.3 Å². The van der Waals surface area contributed by atoms with Gasteiger partial charge in [-0.05, 0) is 30.3 Å². The molecule has 0 aliphatic rings. The summed E-state index contributed by atoms with van der Waals surface area (Å²) in [5, 5.41) is 15.2. The lowest BCUT2D eigenvalue weighted by atomic mass is 10.2. The largest absolute Gasteiger partial charge is 0.486 e. The van der Waals surface area contributed by atoms with Crippen molar-refractivity contribution in [2.75, 3.05) is 0 Å². The van der Waals surface area contributed by atoms with E-state index in [0.717, 1.165) is 36.7 Å². The molecule has 0 saturated carbocycles. The van der Waals surface area contributed by atoms with Crippen LogP contribution in [-0.2, 0) is 6.61 Å². The summed E-state index contributed by atoms with van der Waals surface area (Å²) in [5.41, 5.74) is 2.16. The zero-order chi connectivity index (χ0) is 17.5. The zero-order valence-corrected chi connectivity index (χ0v) is 15.8. The summed E-state index contributed by atoms with van der Waals surface area (Å²) in [6.07, 6.45) is 1.98. The van der Waals surface area contributed by atoms with E-state index in [1.165, 1.54) is 11.3 Å². The Bertz CT molecular complexity index is 1210. The maximum Gasteiger partial charge on any atom is 0.235 e. The minimum Gasteiger partial charge on any atom is -0.486 e. The van der Waals surface area contributed by atoms with E-state index in [0.29, 0.717) is 12.4 Å². The van der Waals surface area contributed by atoms with Crippen molar-refractivity contribution in [1.82, 2.24) is 24.8 Å². The van der Waals surface area contributed by atoms with E-state index in [1.54, 1.807) is 4.52 Å². The highest BCUT2D eigenvalue weighted by molar-refractivity contribution is 9.10. The molecule has 1 N–H and O–H groups in total. The summed E-state index contributed by atoms with van der Waals surface area (Å²) < 4.78 is 8.56. The minimum atomic E-state index is 0.305.